The van der Waals surface area contributed by atoms with E-state index in [2.05, 4.69) is 36.6 Å². The summed E-state index contributed by atoms with van der Waals surface area (Å²) >= 11 is 6.33. The summed E-state index contributed by atoms with van der Waals surface area (Å²) in [5.41, 5.74) is 7.25. The molecule has 0 unspecified atom stereocenters. The number of nitrogens with one attached hydrogen (secondary N) is 1. The van der Waals surface area contributed by atoms with Gasteiger partial charge in [-0.3, -0.25) is 4.72 Å². The van der Waals surface area contributed by atoms with Gasteiger partial charge in [0, 0.05) is 14.6 Å². The highest BCUT2D eigenvalue weighted by Crippen LogP contribution is 2.30. The number of rotatable bonds is 3. The minimum atomic E-state index is -4.04. The minimum Gasteiger partial charge on any atom is -0.398 e. The summed E-state index contributed by atoms with van der Waals surface area (Å²) in [6, 6.07) is 6.90. The average Bonchev–Trinajstić information content (AvgIpc) is 2.35. The molecule has 2 aromatic rings. The van der Waals surface area contributed by atoms with E-state index in [1.807, 2.05) is 0 Å². The molecule has 0 aromatic heterocycles. The lowest BCUT2D eigenvalue weighted by Crippen LogP contribution is -2.15. The molecule has 0 aliphatic rings. The molecule has 2 aromatic carbocycles. The van der Waals surface area contributed by atoms with Gasteiger partial charge in [0.25, 0.3) is 10.0 Å². The van der Waals surface area contributed by atoms with Crippen LogP contribution in [0.25, 0.3) is 0 Å². The topological polar surface area (TPSA) is 72.2 Å². The van der Waals surface area contributed by atoms with E-state index in [0.717, 1.165) is 11.6 Å². The number of halogens is 3. The van der Waals surface area contributed by atoms with Gasteiger partial charge < -0.3 is 5.73 Å². The van der Waals surface area contributed by atoms with Crippen LogP contribution in [0.1, 0.15) is 5.56 Å². The van der Waals surface area contributed by atoms with Crippen molar-refractivity contribution in [1.29, 1.82) is 0 Å². The van der Waals surface area contributed by atoms with Crippen molar-refractivity contribution in [3.63, 3.8) is 0 Å². The maximum Gasteiger partial charge on any atom is 0.264 e. The Balaban J connectivity index is 2.45. The zero-order valence-electron chi connectivity index (χ0n) is 10.8. The van der Waals surface area contributed by atoms with Gasteiger partial charge in [-0.2, -0.15) is 0 Å². The van der Waals surface area contributed by atoms with E-state index in [9.17, 15) is 12.8 Å². The molecular weight excluding hydrogens is 427 g/mol. The molecule has 2 rings (SSSR count). The van der Waals surface area contributed by atoms with Gasteiger partial charge in [0.2, 0.25) is 0 Å². The second-order valence-corrected chi connectivity index (χ2v) is 7.79. The molecule has 21 heavy (non-hydrogen) atoms. The quantitative estimate of drug-likeness (QED) is 0.711. The van der Waals surface area contributed by atoms with Gasteiger partial charge >= 0.3 is 0 Å². The van der Waals surface area contributed by atoms with Crippen LogP contribution in [0.15, 0.2) is 44.2 Å². The van der Waals surface area contributed by atoms with E-state index in [-0.39, 0.29) is 5.69 Å². The Morgan fingerprint density at radius 1 is 1.19 bits per heavy atom. The fraction of sp³-hybridized carbons (Fsp3) is 0.0769. The van der Waals surface area contributed by atoms with Gasteiger partial charge in [0.05, 0.1) is 5.69 Å². The van der Waals surface area contributed by atoms with Crippen molar-refractivity contribution >= 4 is 53.3 Å². The molecule has 0 amide bonds. The number of nitrogens with two attached hydrogens (primary N) is 1. The number of nitrogen functional groups attached to an aromatic ring is 1. The Kier molecular flexibility index (Phi) is 4.60. The maximum absolute atomic E-state index is 13.8. The van der Waals surface area contributed by atoms with Gasteiger partial charge in [-0.1, -0.05) is 15.9 Å². The predicted octanol–water partition coefficient (Wildman–Crippen LogP) is 4.04. The summed E-state index contributed by atoms with van der Waals surface area (Å²) in [7, 11) is -4.04. The molecule has 0 aliphatic heterocycles. The Morgan fingerprint density at radius 3 is 2.48 bits per heavy atom. The molecule has 0 aliphatic carbocycles. The number of sulfonamides is 1. The Hall–Kier alpha value is -1.12. The predicted molar refractivity (Wildman–Crippen MR) is 88.2 cm³/mol. The maximum atomic E-state index is 13.8. The van der Waals surface area contributed by atoms with Gasteiger partial charge in [-0.05, 0) is 58.7 Å². The molecule has 4 nitrogen and oxygen atoms in total. The first kappa shape index (κ1) is 16.3. The summed E-state index contributed by atoms with van der Waals surface area (Å²) in [5, 5.41) is 0. The number of hydrogen-bond donors (Lipinski definition) is 2. The molecule has 3 N–H and O–H groups in total. The molecule has 8 heteroatoms. The first-order valence-electron chi connectivity index (χ1n) is 5.74. The smallest absolute Gasteiger partial charge is 0.264 e. The van der Waals surface area contributed by atoms with Crippen molar-refractivity contribution in [1.82, 2.24) is 0 Å². The average molecular weight is 438 g/mol. The molecule has 0 radical (unpaired) electrons. The van der Waals surface area contributed by atoms with Crippen LogP contribution in [0.5, 0.6) is 0 Å². The first-order valence-corrected chi connectivity index (χ1v) is 8.81. The first-order chi connectivity index (χ1) is 9.70. The van der Waals surface area contributed by atoms with E-state index in [0.29, 0.717) is 14.6 Å². The van der Waals surface area contributed by atoms with E-state index in [1.54, 1.807) is 13.0 Å². The Bertz CT molecular complexity index is 810. The van der Waals surface area contributed by atoms with Crippen molar-refractivity contribution < 1.29 is 12.8 Å². The van der Waals surface area contributed by atoms with E-state index in [4.69, 9.17) is 5.73 Å². The minimum absolute atomic E-state index is 0.250. The van der Waals surface area contributed by atoms with Crippen molar-refractivity contribution in [3.05, 3.63) is 50.7 Å². The second-order valence-electron chi connectivity index (χ2n) is 4.37. The van der Waals surface area contributed by atoms with Crippen molar-refractivity contribution in [3.8, 4) is 0 Å². The van der Waals surface area contributed by atoms with Crippen LogP contribution in [-0.4, -0.2) is 8.42 Å². The molecule has 0 saturated carbocycles. The highest BCUT2D eigenvalue weighted by atomic mass is 79.9. The van der Waals surface area contributed by atoms with Crippen molar-refractivity contribution in [2.24, 2.45) is 0 Å². The summed E-state index contributed by atoms with van der Waals surface area (Å²) in [5.74, 6) is -0.840. The summed E-state index contributed by atoms with van der Waals surface area (Å²) < 4.78 is 41.6. The number of anilines is 2. The molecule has 0 spiro atoms. The Morgan fingerprint density at radius 2 is 1.86 bits per heavy atom. The zero-order chi connectivity index (χ0) is 15.8. The lowest BCUT2D eigenvalue weighted by Gasteiger charge is -2.12. The van der Waals surface area contributed by atoms with Crippen LogP contribution in [0, 0.1) is 12.7 Å². The largest absolute Gasteiger partial charge is 0.398 e. The standard InChI is InChI=1S/C13H11Br2FN2O2S/c1-7-4-9(15)12(6-11(7)17)18-21(19,20)13-3-2-8(14)5-10(13)16/h2-6,18H,17H2,1H3. The van der Waals surface area contributed by atoms with E-state index >= 15 is 0 Å². The number of aryl methyl sites for hydroxylation is 1. The third-order valence-electron chi connectivity index (χ3n) is 2.78. The van der Waals surface area contributed by atoms with Crippen LogP contribution in [0.4, 0.5) is 15.8 Å². The van der Waals surface area contributed by atoms with Gasteiger partial charge in [-0.25, -0.2) is 12.8 Å². The lowest BCUT2D eigenvalue weighted by atomic mass is 10.2. The molecule has 0 heterocycles. The molecular formula is C13H11Br2FN2O2S. The normalized spacial score (nSPS) is 11.4. The van der Waals surface area contributed by atoms with E-state index in [1.165, 1.54) is 18.2 Å². The summed E-state index contributed by atoms with van der Waals surface area (Å²) in [4.78, 5) is -0.434. The van der Waals surface area contributed by atoms with Crippen LogP contribution in [0.3, 0.4) is 0 Å². The van der Waals surface area contributed by atoms with Crippen LogP contribution in [-0.2, 0) is 10.0 Å². The van der Waals surface area contributed by atoms with Gasteiger partial charge in [-0.15, -0.1) is 0 Å². The number of hydrogen-bond acceptors (Lipinski definition) is 3. The fourth-order valence-electron chi connectivity index (χ4n) is 1.66. The molecule has 112 valence electrons. The zero-order valence-corrected chi connectivity index (χ0v) is 14.8. The van der Waals surface area contributed by atoms with Gasteiger partial charge in [0.15, 0.2) is 0 Å². The van der Waals surface area contributed by atoms with Crippen LogP contribution < -0.4 is 10.5 Å². The van der Waals surface area contributed by atoms with Crippen molar-refractivity contribution in [2.75, 3.05) is 10.5 Å². The van der Waals surface area contributed by atoms with Crippen LogP contribution in [0.2, 0.25) is 0 Å². The molecule has 0 saturated heterocycles. The molecule has 0 atom stereocenters. The summed E-state index contributed by atoms with van der Waals surface area (Å²) in [6.07, 6.45) is 0. The van der Waals surface area contributed by atoms with Gasteiger partial charge in [0.1, 0.15) is 10.7 Å². The number of benzene rings is 2. The highest BCUT2D eigenvalue weighted by molar-refractivity contribution is 9.10. The lowest BCUT2D eigenvalue weighted by molar-refractivity contribution is 0.570. The fourth-order valence-corrected chi connectivity index (χ4v) is 3.81. The van der Waals surface area contributed by atoms with Crippen molar-refractivity contribution in [2.45, 2.75) is 11.8 Å². The Labute approximate surface area is 138 Å². The highest BCUT2D eigenvalue weighted by Gasteiger charge is 2.20. The SMILES string of the molecule is Cc1cc(Br)c(NS(=O)(=O)c2ccc(Br)cc2F)cc1N. The second kappa shape index (κ2) is 5.94. The van der Waals surface area contributed by atoms with E-state index < -0.39 is 20.7 Å². The third-order valence-corrected chi connectivity index (χ3v) is 5.33. The summed E-state index contributed by atoms with van der Waals surface area (Å²) in [6.45, 7) is 1.80. The molecule has 0 fully saturated rings. The third kappa shape index (κ3) is 3.56. The molecule has 0 bridgehead atoms. The monoisotopic (exact) mass is 436 g/mol. The van der Waals surface area contributed by atoms with Crippen LogP contribution >= 0.6 is 31.9 Å².